The van der Waals surface area contributed by atoms with Crippen LogP contribution in [0.4, 0.5) is 0 Å². The Morgan fingerprint density at radius 3 is 2.67 bits per heavy atom. The van der Waals surface area contributed by atoms with E-state index in [1.165, 1.54) is 17.6 Å². The zero-order chi connectivity index (χ0) is 13.5. The summed E-state index contributed by atoms with van der Waals surface area (Å²) in [6.07, 6.45) is 4.35. The van der Waals surface area contributed by atoms with Gasteiger partial charge in [0.1, 0.15) is 5.70 Å². The van der Waals surface area contributed by atoms with Crippen molar-refractivity contribution in [2.24, 2.45) is 28.2 Å². The molecule has 2 rings (SSSR count). The summed E-state index contributed by atoms with van der Waals surface area (Å²) in [7, 11) is 0. The molecule has 0 aromatic carbocycles. The molecule has 0 aromatic heterocycles. The molecule has 2 unspecified atom stereocenters. The molecule has 2 aliphatic carbocycles. The van der Waals surface area contributed by atoms with Crippen LogP contribution in [0.2, 0.25) is 0 Å². The normalized spacial score (nSPS) is 32.8. The largest absolute Gasteiger partial charge is 0.397 e. The quantitative estimate of drug-likeness (QED) is 0.748. The van der Waals surface area contributed by atoms with Crippen molar-refractivity contribution < 1.29 is 0 Å². The molecular formula is C15H24N2O. The van der Waals surface area contributed by atoms with Gasteiger partial charge in [0.2, 0.25) is 0 Å². The minimum absolute atomic E-state index is 0.0873. The zero-order valence-corrected chi connectivity index (χ0v) is 11.9. The molecule has 100 valence electrons. The van der Waals surface area contributed by atoms with E-state index in [0.717, 1.165) is 19.3 Å². The highest BCUT2D eigenvalue weighted by Crippen LogP contribution is 2.54. The molecule has 2 aliphatic rings. The van der Waals surface area contributed by atoms with Crippen molar-refractivity contribution in [2.75, 3.05) is 0 Å². The van der Waals surface area contributed by atoms with Crippen LogP contribution in [0.1, 0.15) is 53.4 Å². The molecule has 1 saturated carbocycles. The molecule has 0 saturated heterocycles. The fourth-order valence-corrected chi connectivity index (χ4v) is 3.58. The zero-order valence-electron chi connectivity index (χ0n) is 11.9. The number of nitrogens with two attached hydrogens (primary N) is 1. The summed E-state index contributed by atoms with van der Waals surface area (Å²) in [6, 6.07) is 0. The summed E-state index contributed by atoms with van der Waals surface area (Å²) >= 11 is 0. The highest BCUT2D eigenvalue weighted by Gasteiger charge is 2.44. The van der Waals surface area contributed by atoms with Crippen LogP contribution in [0.25, 0.3) is 0 Å². The maximum atomic E-state index is 11.2. The Morgan fingerprint density at radius 2 is 2.11 bits per heavy atom. The van der Waals surface area contributed by atoms with Gasteiger partial charge in [-0.3, -0.25) is 0 Å². The minimum Gasteiger partial charge on any atom is -0.397 e. The summed E-state index contributed by atoms with van der Waals surface area (Å²) in [5.74, 6) is 0.981. The van der Waals surface area contributed by atoms with Crippen LogP contribution in [-0.4, -0.2) is 0 Å². The Bertz CT molecular complexity index is 434. The van der Waals surface area contributed by atoms with Gasteiger partial charge in [0.25, 0.3) is 0 Å². The standard InChI is InChI=1S/C15H24N2O/c1-9(2)11-8-15(4)10(3)6-5-7-12(15)14(17-18)13(11)16/h9-10H,5-8,16H2,1-4H3. The van der Waals surface area contributed by atoms with Gasteiger partial charge in [-0.05, 0) is 59.3 Å². The number of hydrogen-bond donors (Lipinski definition) is 1. The van der Waals surface area contributed by atoms with Gasteiger partial charge in [0.05, 0.1) is 5.70 Å². The van der Waals surface area contributed by atoms with E-state index in [9.17, 15) is 4.91 Å². The average Bonchev–Trinajstić information content (AvgIpc) is 2.31. The minimum atomic E-state index is 0.0873. The number of allylic oxidation sites excluding steroid dienone is 2. The van der Waals surface area contributed by atoms with Crippen molar-refractivity contribution in [3.63, 3.8) is 0 Å². The molecule has 0 aromatic rings. The van der Waals surface area contributed by atoms with Crippen molar-refractivity contribution in [3.05, 3.63) is 27.4 Å². The molecule has 0 spiro atoms. The van der Waals surface area contributed by atoms with Crippen molar-refractivity contribution in [1.29, 1.82) is 0 Å². The number of nitrogens with zero attached hydrogens (tertiary/aromatic N) is 1. The van der Waals surface area contributed by atoms with Gasteiger partial charge >= 0.3 is 0 Å². The lowest BCUT2D eigenvalue weighted by Crippen LogP contribution is -2.37. The number of nitroso groups, excluding NO2 is 1. The van der Waals surface area contributed by atoms with E-state index in [1.807, 2.05) is 0 Å². The number of hydrogen-bond acceptors (Lipinski definition) is 3. The second-order valence-corrected chi connectivity index (χ2v) is 6.40. The lowest BCUT2D eigenvalue weighted by Gasteiger charge is -2.46. The van der Waals surface area contributed by atoms with Crippen molar-refractivity contribution >= 4 is 0 Å². The molecule has 3 heteroatoms. The third-order valence-electron chi connectivity index (χ3n) is 5.07. The first kappa shape index (κ1) is 13.3. The fourth-order valence-electron chi connectivity index (χ4n) is 3.58. The maximum Gasteiger partial charge on any atom is 0.130 e. The molecule has 0 radical (unpaired) electrons. The van der Waals surface area contributed by atoms with Crippen molar-refractivity contribution in [2.45, 2.75) is 53.4 Å². The molecule has 0 heterocycles. The molecule has 2 N–H and O–H groups in total. The van der Waals surface area contributed by atoms with Gasteiger partial charge in [0, 0.05) is 0 Å². The van der Waals surface area contributed by atoms with Gasteiger partial charge < -0.3 is 5.73 Å². The van der Waals surface area contributed by atoms with E-state index in [2.05, 4.69) is 32.9 Å². The lowest BCUT2D eigenvalue weighted by atomic mass is 9.58. The van der Waals surface area contributed by atoms with E-state index in [1.54, 1.807) is 0 Å². The summed E-state index contributed by atoms with van der Waals surface area (Å²) in [6.45, 7) is 8.87. The van der Waals surface area contributed by atoms with E-state index < -0.39 is 0 Å². The Labute approximate surface area is 109 Å². The van der Waals surface area contributed by atoms with Crippen LogP contribution in [-0.2, 0) is 0 Å². The van der Waals surface area contributed by atoms with E-state index in [0.29, 0.717) is 23.2 Å². The number of fused-ring (bicyclic) bond motifs is 1. The predicted molar refractivity (Wildman–Crippen MR) is 74.6 cm³/mol. The smallest absolute Gasteiger partial charge is 0.130 e. The van der Waals surface area contributed by atoms with Gasteiger partial charge in [0.15, 0.2) is 0 Å². The van der Waals surface area contributed by atoms with Crippen molar-refractivity contribution in [3.8, 4) is 0 Å². The van der Waals surface area contributed by atoms with Crippen LogP contribution in [0.5, 0.6) is 0 Å². The maximum absolute atomic E-state index is 11.2. The van der Waals surface area contributed by atoms with Gasteiger partial charge in [-0.15, -0.1) is 4.91 Å². The Hall–Kier alpha value is -1.12. The second-order valence-electron chi connectivity index (χ2n) is 6.40. The molecule has 3 nitrogen and oxygen atoms in total. The fraction of sp³-hybridized carbons (Fsp3) is 0.733. The summed E-state index contributed by atoms with van der Waals surface area (Å²) in [5, 5.41) is 3.27. The monoisotopic (exact) mass is 248 g/mol. The summed E-state index contributed by atoms with van der Waals surface area (Å²) in [4.78, 5) is 11.2. The summed E-state index contributed by atoms with van der Waals surface area (Å²) < 4.78 is 0. The Morgan fingerprint density at radius 1 is 1.44 bits per heavy atom. The van der Waals surface area contributed by atoms with Gasteiger partial charge in [-0.25, -0.2) is 0 Å². The topological polar surface area (TPSA) is 55.4 Å². The predicted octanol–water partition coefficient (Wildman–Crippen LogP) is 4.11. The molecule has 2 atom stereocenters. The highest BCUT2D eigenvalue weighted by molar-refractivity contribution is 5.45. The van der Waals surface area contributed by atoms with Crippen molar-refractivity contribution in [1.82, 2.24) is 0 Å². The van der Waals surface area contributed by atoms with Crippen LogP contribution < -0.4 is 5.73 Å². The van der Waals surface area contributed by atoms with Crippen LogP contribution in [0.15, 0.2) is 27.7 Å². The van der Waals surface area contributed by atoms with Crippen LogP contribution >= 0.6 is 0 Å². The molecule has 0 amide bonds. The van der Waals surface area contributed by atoms with Crippen LogP contribution in [0.3, 0.4) is 0 Å². The van der Waals surface area contributed by atoms with E-state index in [-0.39, 0.29) is 5.41 Å². The second kappa shape index (κ2) is 4.52. The first-order valence-electron chi connectivity index (χ1n) is 6.97. The third kappa shape index (κ3) is 1.80. The average molecular weight is 248 g/mol. The van der Waals surface area contributed by atoms with Gasteiger partial charge in [-0.2, -0.15) is 0 Å². The SMILES string of the molecule is CC(C)C1=C(N)C(N=O)=C2CCCC(C)C2(C)C1. The molecule has 0 aliphatic heterocycles. The van der Waals surface area contributed by atoms with Gasteiger partial charge in [-0.1, -0.05) is 27.7 Å². The Balaban J connectivity index is 2.59. The first-order valence-corrected chi connectivity index (χ1v) is 6.97. The van der Waals surface area contributed by atoms with E-state index in [4.69, 9.17) is 5.73 Å². The van der Waals surface area contributed by atoms with E-state index >= 15 is 0 Å². The third-order valence-corrected chi connectivity index (χ3v) is 5.07. The number of rotatable bonds is 2. The molecule has 1 fully saturated rings. The molecular weight excluding hydrogens is 224 g/mol. The molecule has 0 bridgehead atoms. The Kier molecular flexibility index (Phi) is 3.35. The first-order chi connectivity index (χ1) is 8.41. The van der Waals surface area contributed by atoms with Crippen LogP contribution in [0, 0.1) is 22.2 Å². The highest BCUT2D eigenvalue weighted by atomic mass is 16.3. The summed E-state index contributed by atoms with van der Waals surface area (Å²) in [5.41, 5.74) is 9.89. The molecule has 18 heavy (non-hydrogen) atoms. The lowest BCUT2D eigenvalue weighted by molar-refractivity contribution is 0.189.